The van der Waals surface area contributed by atoms with Gasteiger partial charge in [-0.15, -0.1) is 0 Å². The van der Waals surface area contributed by atoms with E-state index in [2.05, 4.69) is 10.2 Å². The molecule has 8 heteroatoms. The van der Waals surface area contributed by atoms with Gasteiger partial charge in [-0.3, -0.25) is 9.59 Å². The number of nitrogens with two attached hydrogens (primary N) is 1. The summed E-state index contributed by atoms with van der Waals surface area (Å²) in [5, 5.41) is 7.43. The SMILES string of the molecule is NC(=O)c1ccccc1CN(C(=O)c1ccnnc1)[C@@H]1CCc2c(F)cc(F)cc21. The average molecular weight is 408 g/mol. The number of aromatic nitrogens is 2. The minimum absolute atomic E-state index is 0.0442. The summed E-state index contributed by atoms with van der Waals surface area (Å²) in [4.78, 5) is 26.7. The topological polar surface area (TPSA) is 89.2 Å². The zero-order valence-corrected chi connectivity index (χ0v) is 15.9. The van der Waals surface area contributed by atoms with Gasteiger partial charge in [0.25, 0.3) is 5.91 Å². The number of carbonyl (C=O) groups is 2. The van der Waals surface area contributed by atoms with Gasteiger partial charge in [-0.05, 0) is 47.7 Å². The summed E-state index contributed by atoms with van der Waals surface area (Å²) in [6, 6.07) is 9.77. The lowest BCUT2D eigenvalue weighted by Gasteiger charge is -2.30. The van der Waals surface area contributed by atoms with Crippen LogP contribution in [0, 0.1) is 11.6 Å². The van der Waals surface area contributed by atoms with Crippen molar-refractivity contribution in [3.8, 4) is 0 Å². The molecule has 1 aromatic heterocycles. The van der Waals surface area contributed by atoms with Crippen molar-refractivity contribution >= 4 is 11.8 Å². The van der Waals surface area contributed by atoms with Crippen LogP contribution in [0.4, 0.5) is 8.78 Å². The van der Waals surface area contributed by atoms with Gasteiger partial charge in [-0.25, -0.2) is 8.78 Å². The van der Waals surface area contributed by atoms with E-state index in [1.54, 1.807) is 24.3 Å². The van der Waals surface area contributed by atoms with Gasteiger partial charge in [0.05, 0.1) is 24.0 Å². The van der Waals surface area contributed by atoms with Crippen molar-refractivity contribution in [2.24, 2.45) is 5.73 Å². The van der Waals surface area contributed by atoms with E-state index in [0.717, 1.165) is 6.07 Å². The van der Waals surface area contributed by atoms with Crippen molar-refractivity contribution in [2.75, 3.05) is 0 Å². The van der Waals surface area contributed by atoms with E-state index >= 15 is 0 Å². The largest absolute Gasteiger partial charge is 0.366 e. The maximum absolute atomic E-state index is 14.3. The molecule has 2 amide bonds. The van der Waals surface area contributed by atoms with Gasteiger partial charge in [-0.1, -0.05) is 18.2 Å². The van der Waals surface area contributed by atoms with Crippen LogP contribution in [0.3, 0.4) is 0 Å². The van der Waals surface area contributed by atoms with Crippen LogP contribution in [0.1, 0.15) is 49.9 Å². The predicted molar refractivity (Wildman–Crippen MR) is 104 cm³/mol. The monoisotopic (exact) mass is 408 g/mol. The lowest BCUT2D eigenvalue weighted by molar-refractivity contribution is 0.0655. The smallest absolute Gasteiger partial charge is 0.256 e. The number of amides is 2. The van der Waals surface area contributed by atoms with E-state index in [-0.39, 0.29) is 23.6 Å². The molecule has 0 radical (unpaired) electrons. The van der Waals surface area contributed by atoms with Crippen LogP contribution in [0.15, 0.2) is 54.9 Å². The number of primary amides is 1. The van der Waals surface area contributed by atoms with Crippen molar-refractivity contribution in [1.82, 2.24) is 15.1 Å². The van der Waals surface area contributed by atoms with E-state index < -0.39 is 23.6 Å². The summed E-state index contributed by atoms with van der Waals surface area (Å²) in [6.45, 7) is 0.0442. The first-order chi connectivity index (χ1) is 14.5. The normalized spacial score (nSPS) is 14.9. The number of halogens is 2. The average Bonchev–Trinajstić information content (AvgIpc) is 3.16. The Balaban J connectivity index is 1.79. The van der Waals surface area contributed by atoms with Gasteiger partial charge in [-0.2, -0.15) is 10.2 Å². The van der Waals surface area contributed by atoms with Crippen molar-refractivity contribution in [3.05, 3.63) is 94.3 Å². The number of rotatable bonds is 5. The van der Waals surface area contributed by atoms with E-state index in [1.807, 2.05) is 0 Å². The molecule has 152 valence electrons. The second-order valence-corrected chi connectivity index (χ2v) is 7.10. The molecule has 30 heavy (non-hydrogen) atoms. The van der Waals surface area contributed by atoms with Crippen molar-refractivity contribution in [1.29, 1.82) is 0 Å². The molecular formula is C22H18F2N4O2. The molecule has 1 atom stereocenters. The quantitative estimate of drug-likeness (QED) is 0.702. The Kier molecular flexibility index (Phi) is 5.22. The van der Waals surface area contributed by atoms with Crippen LogP contribution < -0.4 is 5.73 Å². The van der Waals surface area contributed by atoms with Gasteiger partial charge >= 0.3 is 0 Å². The number of fused-ring (bicyclic) bond motifs is 1. The molecule has 0 spiro atoms. The summed E-state index contributed by atoms with van der Waals surface area (Å²) >= 11 is 0. The number of hydrogen-bond acceptors (Lipinski definition) is 4. The van der Waals surface area contributed by atoms with Crippen LogP contribution in [0.2, 0.25) is 0 Å². The summed E-state index contributed by atoms with van der Waals surface area (Å²) in [6.07, 6.45) is 3.53. The van der Waals surface area contributed by atoms with E-state index in [9.17, 15) is 18.4 Å². The summed E-state index contributed by atoms with van der Waals surface area (Å²) in [7, 11) is 0. The molecule has 0 fully saturated rings. The number of nitrogens with zero attached hydrogens (tertiary/aromatic N) is 3. The molecule has 2 N–H and O–H groups in total. The summed E-state index contributed by atoms with van der Waals surface area (Å²) < 4.78 is 28.2. The highest BCUT2D eigenvalue weighted by atomic mass is 19.1. The maximum atomic E-state index is 14.3. The first-order valence-corrected chi connectivity index (χ1v) is 9.39. The van der Waals surface area contributed by atoms with Gasteiger partial charge < -0.3 is 10.6 Å². The third-order valence-electron chi connectivity index (χ3n) is 5.31. The van der Waals surface area contributed by atoms with Crippen LogP contribution in [0.5, 0.6) is 0 Å². The Bertz CT molecular complexity index is 1120. The Labute approximate surface area is 171 Å². The zero-order valence-electron chi connectivity index (χ0n) is 15.9. The molecule has 1 heterocycles. The highest BCUT2D eigenvalue weighted by Crippen LogP contribution is 2.39. The Morgan fingerprint density at radius 3 is 2.67 bits per heavy atom. The Hall–Kier alpha value is -3.68. The molecule has 4 rings (SSSR count). The fourth-order valence-electron chi connectivity index (χ4n) is 3.93. The predicted octanol–water partition coefficient (Wildman–Crippen LogP) is 3.18. The van der Waals surface area contributed by atoms with Crippen molar-refractivity contribution in [2.45, 2.75) is 25.4 Å². The minimum atomic E-state index is -0.700. The zero-order chi connectivity index (χ0) is 21.3. The lowest BCUT2D eigenvalue weighted by atomic mass is 10.0. The van der Waals surface area contributed by atoms with Crippen molar-refractivity contribution < 1.29 is 18.4 Å². The fourth-order valence-corrected chi connectivity index (χ4v) is 3.93. The Morgan fingerprint density at radius 1 is 1.13 bits per heavy atom. The summed E-state index contributed by atoms with van der Waals surface area (Å²) in [5.41, 5.74) is 7.43. The second-order valence-electron chi connectivity index (χ2n) is 7.10. The molecule has 6 nitrogen and oxygen atoms in total. The molecular weight excluding hydrogens is 390 g/mol. The van der Waals surface area contributed by atoms with E-state index in [1.165, 1.54) is 29.4 Å². The lowest BCUT2D eigenvalue weighted by Crippen LogP contribution is -2.34. The first kappa shape index (κ1) is 19.6. The van der Waals surface area contributed by atoms with Gasteiger partial charge in [0.2, 0.25) is 5.91 Å². The highest BCUT2D eigenvalue weighted by Gasteiger charge is 2.34. The maximum Gasteiger partial charge on any atom is 0.256 e. The molecule has 0 bridgehead atoms. The number of benzene rings is 2. The molecule has 0 saturated carbocycles. The molecule has 3 aromatic rings. The van der Waals surface area contributed by atoms with Gasteiger partial charge in [0.15, 0.2) is 0 Å². The Morgan fingerprint density at radius 2 is 1.93 bits per heavy atom. The third kappa shape index (κ3) is 3.63. The van der Waals surface area contributed by atoms with Crippen molar-refractivity contribution in [3.63, 3.8) is 0 Å². The van der Waals surface area contributed by atoms with Gasteiger partial charge in [0, 0.05) is 18.2 Å². The number of carbonyl (C=O) groups excluding carboxylic acids is 2. The standard InChI is InChI=1S/C22H18F2N4O2/c23-15-9-18-17(19(24)10-15)5-6-20(18)28(22(30)13-7-8-26-27-11-13)12-14-3-1-2-4-16(14)21(25)29/h1-4,7-11,20H,5-6,12H2,(H2,25,29)/t20-/m1/s1. The molecule has 2 aromatic carbocycles. The van der Waals surface area contributed by atoms with Crippen LogP contribution in [0.25, 0.3) is 0 Å². The fraction of sp³-hybridized carbons (Fsp3) is 0.182. The first-order valence-electron chi connectivity index (χ1n) is 9.39. The molecule has 1 aliphatic carbocycles. The van der Waals surface area contributed by atoms with E-state index in [4.69, 9.17) is 5.73 Å². The molecule has 0 saturated heterocycles. The number of hydrogen-bond donors (Lipinski definition) is 1. The van der Waals surface area contributed by atoms with Crippen LogP contribution >= 0.6 is 0 Å². The summed E-state index contributed by atoms with van der Waals surface area (Å²) in [5.74, 6) is -2.32. The van der Waals surface area contributed by atoms with Gasteiger partial charge in [0.1, 0.15) is 11.6 Å². The van der Waals surface area contributed by atoms with Crippen LogP contribution in [-0.4, -0.2) is 26.9 Å². The van der Waals surface area contributed by atoms with Crippen LogP contribution in [-0.2, 0) is 13.0 Å². The van der Waals surface area contributed by atoms with E-state index in [0.29, 0.717) is 29.5 Å². The molecule has 0 aliphatic heterocycles. The highest BCUT2D eigenvalue weighted by molar-refractivity contribution is 5.96. The molecule has 1 aliphatic rings. The minimum Gasteiger partial charge on any atom is -0.366 e. The molecule has 0 unspecified atom stereocenters. The third-order valence-corrected chi connectivity index (χ3v) is 5.31. The second kappa shape index (κ2) is 7.98.